The molecule has 92 valence electrons. The van der Waals surface area contributed by atoms with Crippen molar-refractivity contribution in [2.45, 2.75) is 50.5 Å². The zero-order valence-electron chi connectivity index (χ0n) is 9.84. The standard InChI is InChI=1S/C11H21N3O2/c1-16-10(15)14-11(9(12)13)7-5-3-2-4-6-8-11/h2-8H2,1H3,(H3,12,13)(H,14,15). The molecule has 0 atom stereocenters. The van der Waals surface area contributed by atoms with Gasteiger partial charge in [0.2, 0.25) is 0 Å². The van der Waals surface area contributed by atoms with E-state index in [0.29, 0.717) is 0 Å². The number of methoxy groups -OCH3 is 1. The summed E-state index contributed by atoms with van der Waals surface area (Å²) in [6, 6.07) is 0. The Kier molecular flexibility index (Phi) is 4.58. The molecule has 0 saturated heterocycles. The minimum absolute atomic E-state index is 0.0415. The number of hydrogen-bond donors (Lipinski definition) is 3. The van der Waals surface area contributed by atoms with Crippen LogP contribution in [0.15, 0.2) is 0 Å². The van der Waals surface area contributed by atoms with Crippen molar-refractivity contribution in [2.24, 2.45) is 5.73 Å². The van der Waals surface area contributed by atoms with E-state index in [1.54, 1.807) is 0 Å². The Hall–Kier alpha value is -1.26. The molecule has 5 heteroatoms. The first-order valence-corrected chi connectivity index (χ1v) is 5.81. The van der Waals surface area contributed by atoms with Crippen molar-refractivity contribution < 1.29 is 9.53 Å². The minimum atomic E-state index is -0.687. The van der Waals surface area contributed by atoms with Crippen LogP contribution in [0.1, 0.15) is 44.9 Å². The first kappa shape index (κ1) is 12.8. The third kappa shape index (κ3) is 3.12. The number of hydrogen-bond acceptors (Lipinski definition) is 3. The van der Waals surface area contributed by atoms with Crippen LogP contribution in [0, 0.1) is 5.41 Å². The molecule has 0 unspecified atom stereocenters. The lowest BCUT2D eigenvalue weighted by atomic mass is 9.83. The van der Waals surface area contributed by atoms with Crippen molar-refractivity contribution in [2.75, 3.05) is 7.11 Å². The summed E-state index contributed by atoms with van der Waals surface area (Å²) in [7, 11) is 1.33. The predicted molar refractivity (Wildman–Crippen MR) is 62.5 cm³/mol. The highest BCUT2D eigenvalue weighted by molar-refractivity contribution is 5.90. The van der Waals surface area contributed by atoms with Gasteiger partial charge in [-0.3, -0.25) is 5.41 Å². The molecule has 0 aromatic carbocycles. The molecule has 0 bridgehead atoms. The lowest BCUT2D eigenvalue weighted by molar-refractivity contribution is 0.158. The topological polar surface area (TPSA) is 88.2 Å². The van der Waals surface area contributed by atoms with Gasteiger partial charge in [-0.15, -0.1) is 0 Å². The average molecular weight is 227 g/mol. The molecule has 4 N–H and O–H groups in total. The maximum atomic E-state index is 11.3. The van der Waals surface area contributed by atoms with Crippen LogP contribution in [-0.2, 0) is 4.74 Å². The number of nitrogens with two attached hydrogens (primary N) is 1. The van der Waals surface area contributed by atoms with Gasteiger partial charge in [0.15, 0.2) is 0 Å². The van der Waals surface area contributed by atoms with Crippen LogP contribution >= 0.6 is 0 Å². The molecule has 16 heavy (non-hydrogen) atoms. The molecule has 1 aliphatic rings. The summed E-state index contributed by atoms with van der Waals surface area (Å²) in [5.41, 5.74) is 4.95. The summed E-state index contributed by atoms with van der Waals surface area (Å²) in [5, 5.41) is 10.4. The predicted octanol–water partition coefficient (Wildman–Crippen LogP) is 1.76. The van der Waals surface area contributed by atoms with E-state index < -0.39 is 11.6 Å². The highest BCUT2D eigenvalue weighted by atomic mass is 16.5. The van der Waals surface area contributed by atoms with Gasteiger partial charge in [0.05, 0.1) is 12.6 Å². The third-order valence-corrected chi connectivity index (χ3v) is 3.25. The van der Waals surface area contributed by atoms with Crippen LogP contribution in [0.4, 0.5) is 4.79 Å². The molecule has 0 aromatic rings. The Morgan fingerprint density at radius 1 is 1.25 bits per heavy atom. The third-order valence-electron chi connectivity index (χ3n) is 3.25. The van der Waals surface area contributed by atoms with Crippen molar-refractivity contribution in [3.05, 3.63) is 0 Å². The van der Waals surface area contributed by atoms with Crippen LogP contribution < -0.4 is 11.1 Å². The Balaban J connectivity index is 2.75. The second kappa shape index (κ2) is 5.72. The number of carbonyl (C=O) groups excluding carboxylic acids is 1. The van der Waals surface area contributed by atoms with Crippen LogP contribution in [-0.4, -0.2) is 24.6 Å². The smallest absolute Gasteiger partial charge is 0.407 e. The summed E-state index contributed by atoms with van der Waals surface area (Å²) >= 11 is 0. The van der Waals surface area contributed by atoms with Gasteiger partial charge in [0.25, 0.3) is 0 Å². The molecule has 1 aliphatic carbocycles. The Morgan fingerprint density at radius 2 is 1.75 bits per heavy atom. The largest absolute Gasteiger partial charge is 0.453 e. The highest BCUT2D eigenvalue weighted by Crippen LogP contribution is 2.26. The molecule has 1 amide bonds. The molecule has 0 radical (unpaired) electrons. The van der Waals surface area contributed by atoms with E-state index in [1.165, 1.54) is 13.5 Å². The van der Waals surface area contributed by atoms with Gasteiger partial charge in [0.1, 0.15) is 5.84 Å². The van der Waals surface area contributed by atoms with Crippen molar-refractivity contribution in [1.82, 2.24) is 5.32 Å². The number of carbonyl (C=O) groups is 1. The summed E-state index contributed by atoms with van der Waals surface area (Å²) in [4.78, 5) is 11.3. The van der Waals surface area contributed by atoms with Gasteiger partial charge in [-0.2, -0.15) is 0 Å². The van der Waals surface area contributed by atoms with Crippen LogP contribution in [0.2, 0.25) is 0 Å². The van der Waals surface area contributed by atoms with E-state index in [9.17, 15) is 4.79 Å². The minimum Gasteiger partial charge on any atom is -0.453 e. The van der Waals surface area contributed by atoms with E-state index in [1.807, 2.05) is 0 Å². The summed E-state index contributed by atoms with van der Waals surface area (Å²) < 4.78 is 4.60. The van der Waals surface area contributed by atoms with E-state index in [-0.39, 0.29) is 5.84 Å². The fraction of sp³-hybridized carbons (Fsp3) is 0.818. The van der Waals surface area contributed by atoms with Crippen molar-refractivity contribution in [3.8, 4) is 0 Å². The van der Waals surface area contributed by atoms with Gasteiger partial charge in [0, 0.05) is 0 Å². The number of amides is 1. The first-order chi connectivity index (χ1) is 7.60. The first-order valence-electron chi connectivity index (χ1n) is 5.81. The number of amidine groups is 1. The number of ether oxygens (including phenoxy) is 1. The molecule has 5 nitrogen and oxygen atoms in total. The average Bonchev–Trinajstić information content (AvgIpc) is 2.21. The fourth-order valence-electron chi connectivity index (χ4n) is 2.22. The lowest BCUT2D eigenvalue weighted by Crippen LogP contribution is -2.57. The van der Waals surface area contributed by atoms with Crippen LogP contribution in [0.3, 0.4) is 0 Å². The van der Waals surface area contributed by atoms with Gasteiger partial charge in [-0.1, -0.05) is 32.1 Å². The fourth-order valence-corrected chi connectivity index (χ4v) is 2.22. The van der Waals surface area contributed by atoms with Gasteiger partial charge in [-0.05, 0) is 12.8 Å². The van der Waals surface area contributed by atoms with Crippen molar-refractivity contribution >= 4 is 11.9 Å². The molecule has 0 heterocycles. The molecular weight excluding hydrogens is 206 g/mol. The maximum absolute atomic E-state index is 11.3. The molecular formula is C11H21N3O2. The van der Waals surface area contributed by atoms with E-state index in [0.717, 1.165) is 38.5 Å². The van der Waals surface area contributed by atoms with E-state index >= 15 is 0 Å². The molecule has 0 aromatic heterocycles. The highest BCUT2D eigenvalue weighted by Gasteiger charge is 2.35. The summed E-state index contributed by atoms with van der Waals surface area (Å²) in [6.45, 7) is 0. The molecule has 1 fully saturated rings. The van der Waals surface area contributed by atoms with Crippen LogP contribution in [0.5, 0.6) is 0 Å². The maximum Gasteiger partial charge on any atom is 0.407 e. The zero-order chi connectivity index (χ0) is 12.0. The quantitative estimate of drug-likeness (QED) is 0.496. The second-order valence-electron chi connectivity index (χ2n) is 4.38. The lowest BCUT2D eigenvalue weighted by Gasteiger charge is -2.34. The molecule has 1 saturated carbocycles. The number of rotatable bonds is 2. The number of nitrogens with one attached hydrogen (secondary N) is 2. The number of alkyl carbamates (subject to hydrolysis) is 1. The van der Waals surface area contributed by atoms with Crippen molar-refractivity contribution in [3.63, 3.8) is 0 Å². The zero-order valence-corrected chi connectivity index (χ0v) is 9.84. The van der Waals surface area contributed by atoms with E-state index in [4.69, 9.17) is 11.1 Å². The second-order valence-corrected chi connectivity index (χ2v) is 4.38. The van der Waals surface area contributed by atoms with Crippen molar-refractivity contribution in [1.29, 1.82) is 5.41 Å². The summed E-state index contributed by atoms with van der Waals surface area (Å²) in [5.74, 6) is 0.0415. The monoisotopic (exact) mass is 227 g/mol. The Labute approximate surface area is 96.2 Å². The molecule has 0 aliphatic heterocycles. The SMILES string of the molecule is COC(=O)NC1(C(=N)N)CCCCCCC1. The van der Waals surface area contributed by atoms with E-state index in [2.05, 4.69) is 10.1 Å². The molecule has 1 rings (SSSR count). The normalized spacial score (nSPS) is 20.3. The van der Waals surface area contributed by atoms with Gasteiger partial charge in [-0.25, -0.2) is 4.79 Å². The Morgan fingerprint density at radius 3 is 2.19 bits per heavy atom. The van der Waals surface area contributed by atoms with Gasteiger partial charge < -0.3 is 15.8 Å². The molecule has 0 spiro atoms. The van der Waals surface area contributed by atoms with Crippen LogP contribution in [0.25, 0.3) is 0 Å². The summed E-state index contributed by atoms with van der Waals surface area (Å²) in [6.07, 6.45) is 6.44. The Bertz CT molecular complexity index is 258. The van der Waals surface area contributed by atoms with Gasteiger partial charge >= 0.3 is 6.09 Å².